The van der Waals surface area contributed by atoms with Crippen LogP contribution < -0.4 is 5.32 Å². The summed E-state index contributed by atoms with van der Waals surface area (Å²) in [6, 6.07) is 10.1. The van der Waals surface area contributed by atoms with Crippen LogP contribution in [0.5, 0.6) is 0 Å². The van der Waals surface area contributed by atoms with Crippen LogP contribution in [0.15, 0.2) is 30.3 Å². The highest BCUT2D eigenvalue weighted by Gasteiger charge is 2.33. The number of carbonyl (C=O) groups excluding carboxylic acids is 1. The highest BCUT2D eigenvalue weighted by atomic mass is 16.3. The summed E-state index contributed by atoms with van der Waals surface area (Å²) in [5, 5.41) is 13.4. The second kappa shape index (κ2) is 7.57. The molecule has 0 aliphatic heterocycles. The summed E-state index contributed by atoms with van der Waals surface area (Å²) in [4.78, 5) is 13.9. The number of amides is 1. The predicted molar refractivity (Wildman–Crippen MR) is 83.8 cm³/mol. The third kappa shape index (κ3) is 5.14. The lowest BCUT2D eigenvalue weighted by Crippen LogP contribution is -2.45. The van der Waals surface area contributed by atoms with Gasteiger partial charge in [0.25, 0.3) is 0 Å². The van der Waals surface area contributed by atoms with Crippen molar-refractivity contribution in [1.82, 2.24) is 10.2 Å². The van der Waals surface area contributed by atoms with Crippen LogP contribution in [0, 0.1) is 0 Å². The van der Waals surface area contributed by atoms with E-state index in [9.17, 15) is 9.90 Å². The first-order chi connectivity index (χ1) is 10.1. The van der Waals surface area contributed by atoms with Gasteiger partial charge in [0, 0.05) is 19.6 Å². The predicted octanol–water partition coefficient (Wildman–Crippen LogP) is 1.93. The SMILES string of the molecule is CCNC(=O)CN(Cc1ccccc1)CC1(O)CCCC1. The van der Waals surface area contributed by atoms with Gasteiger partial charge in [0.1, 0.15) is 0 Å². The average Bonchev–Trinajstić information content (AvgIpc) is 2.86. The topological polar surface area (TPSA) is 52.6 Å². The zero-order valence-corrected chi connectivity index (χ0v) is 12.8. The van der Waals surface area contributed by atoms with Crippen LogP contribution in [0.3, 0.4) is 0 Å². The van der Waals surface area contributed by atoms with E-state index in [4.69, 9.17) is 0 Å². The lowest BCUT2D eigenvalue weighted by molar-refractivity contribution is -0.123. The van der Waals surface area contributed by atoms with Crippen molar-refractivity contribution in [3.8, 4) is 0 Å². The van der Waals surface area contributed by atoms with Gasteiger partial charge >= 0.3 is 0 Å². The van der Waals surface area contributed by atoms with Gasteiger partial charge in [-0.15, -0.1) is 0 Å². The third-order valence-electron chi connectivity index (χ3n) is 4.04. The van der Waals surface area contributed by atoms with Crippen molar-refractivity contribution >= 4 is 5.91 Å². The van der Waals surface area contributed by atoms with E-state index >= 15 is 0 Å². The van der Waals surface area contributed by atoms with E-state index in [0.717, 1.165) is 25.7 Å². The molecule has 2 rings (SSSR count). The molecule has 1 amide bonds. The van der Waals surface area contributed by atoms with E-state index in [0.29, 0.717) is 26.2 Å². The fraction of sp³-hybridized carbons (Fsp3) is 0.588. The number of nitrogens with zero attached hydrogens (tertiary/aromatic N) is 1. The average molecular weight is 290 g/mol. The van der Waals surface area contributed by atoms with Gasteiger partial charge in [-0.05, 0) is 25.3 Å². The maximum absolute atomic E-state index is 11.9. The Morgan fingerprint density at radius 2 is 1.95 bits per heavy atom. The molecule has 1 fully saturated rings. The lowest BCUT2D eigenvalue weighted by atomic mass is 10.0. The molecule has 116 valence electrons. The number of carbonyl (C=O) groups is 1. The quantitative estimate of drug-likeness (QED) is 0.807. The number of benzene rings is 1. The van der Waals surface area contributed by atoms with Gasteiger partial charge < -0.3 is 10.4 Å². The molecule has 1 saturated carbocycles. The normalized spacial score (nSPS) is 17.1. The molecule has 0 radical (unpaired) electrons. The smallest absolute Gasteiger partial charge is 0.234 e. The highest BCUT2D eigenvalue weighted by molar-refractivity contribution is 5.77. The molecule has 0 saturated heterocycles. The first-order valence-electron chi connectivity index (χ1n) is 7.87. The van der Waals surface area contributed by atoms with Gasteiger partial charge in [0.05, 0.1) is 12.1 Å². The Kier molecular flexibility index (Phi) is 5.76. The number of likely N-dealkylation sites (N-methyl/N-ethyl adjacent to an activating group) is 1. The summed E-state index contributed by atoms with van der Waals surface area (Å²) in [5.41, 5.74) is 0.546. The summed E-state index contributed by atoms with van der Waals surface area (Å²) < 4.78 is 0. The second-order valence-corrected chi connectivity index (χ2v) is 6.02. The summed E-state index contributed by atoms with van der Waals surface area (Å²) >= 11 is 0. The van der Waals surface area contributed by atoms with E-state index in [-0.39, 0.29) is 5.91 Å². The largest absolute Gasteiger partial charge is 0.389 e. The maximum atomic E-state index is 11.9. The Labute approximate surface area is 127 Å². The molecule has 4 nitrogen and oxygen atoms in total. The third-order valence-corrected chi connectivity index (χ3v) is 4.04. The molecule has 21 heavy (non-hydrogen) atoms. The summed E-state index contributed by atoms with van der Waals surface area (Å²) in [6.45, 7) is 4.16. The van der Waals surface area contributed by atoms with Crippen molar-refractivity contribution in [2.75, 3.05) is 19.6 Å². The molecule has 0 aromatic heterocycles. The second-order valence-electron chi connectivity index (χ2n) is 6.02. The van der Waals surface area contributed by atoms with Gasteiger partial charge in [0.15, 0.2) is 0 Å². The number of aliphatic hydroxyl groups is 1. The minimum absolute atomic E-state index is 0.0232. The summed E-state index contributed by atoms with van der Waals surface area (Å²) in [5.74, 6) is 0.0232. The Hall–Kier alpha value is -1.39. The van der Waals surface area contributed by atoms with Crippen LogP contribution in [0.4, 0.5) is 0 Å². The maximum Gasteiger partial charge on any atom is 0.234 e. The van der Waals surface area contributed by atoms with E-state index in [1.807, 2.05) is 25.1 Å². The van der Waals surface area contributed by atoms with Crippen molar-refractivity contribution in [2.24, 2.45) is 0 Å². The Morgan fingerprint density at radius 3 is 2.57 bits per heavy atom. The van der Waals surface area contributed by atoms with E-state index < -0.39 is 5.60 Å². The van der Waals surface area contributed by atoms with Crippen LogP contribution in [0.1, 0.15) is 38.2 Å². The molecule has 0 heterocycles. The Bertz CT molecular complexity index is 441. The summed E-state index contributed by atoms with van der Waals surface area (Å²) in [7, 11) is 0. The van der Waals surface area contributed by atoms with Crippen molar-refractivity contribution in [1.29, 1.82) is 0 Å². The molecule has 1 aliphatic carbocycles. The molecule has 0 unspecified atom stereocenters. The Balaban J connectivity index is 2.00. The number of hydrogen-bond donors (Lipinski definition) is 2. The molecule has 4 heteroatoms. The molecule has 1 aromatic rings. The number of nitrogens with one attached hydrogen (secondary N) is 1. The monoisotopic (exact) mass is 290 g/mol. The fourth-order valence-electron chi connectivity index (χ4n) is 3.07. The number of rotatable bonds is 7. The van der Waals surface area contributed by atoms with Gasteiger partial charge in [0.2, 0.25) is 5.91 Å². The summed E-state index contributed by atoms with van der Waals surface area (Å²) in [6.07, 6.45) is 3.84. The van der Waals surface area contributed by atoms with Crippen LogP contribution in [-0.4, -0.2) is 41.1 Å². The van der Waals surface area contributed by atoms with Crippen molar-refractivity contribution in [2.45, 2.75) is 44.8 Å². The van der Waals surface area contributed by atoms with Gasteiger partial charge in [-0.3, -0.25) is 9.69 Å². The van der Waals surface area contributed by atoms with Crippen molar-refractivity contribution < 1.29 is 9.90 Å². The lowest BCUT2D eigenvalue weighted by Gasteiger charge is -2.31. The van der Waals surface area contributed by atoms with Crippen LogP contribution >= 0.6 is 0 Å². The Morgan fingerprint density at radius 1 is 1.29 bits per heavy atom. The molecule has 1 aliphatic rings. The van der Waals surface area contributed by atoms with E-state index in [1.165, 1.54) is 5.56 Å². The molecular formula is C17H26N2O2. The molecule has 0 bridgehead atoms. The van der Waals surface area contributed by atoms with Crippen LogP contribution in [-0.2, 0) is 11.3 Å². The van der Waals surface area contributed by atoms with Crippen LogP contribution in [0.25, 0.3) is 0 Å². The zero-order chi connectivity index (χ0) is 15.1. The van der Waals surface area contributed by atoms with Crippen LogP contribution in [0.2, 0.25) is 0 Å². The van der Waals surface area contributed by atoms with E-state index in [1.54, 1.807) is 0 Å². The molecule has 2 N–H and O–H groups in total. The van der Waals surface area contributed by atoms with Crippen molar-refractivity contribution in [3.63, 3.8) is 0 Å². The highest BCUT2D eigenvalue weighted by Crippen LogP contribution is 2.30. The molecule has 0 atom stereocenters. The standard InChI is InChI=1S/C17H26N2O2/c1-2-18-16(20)13-19(12-15-8-4-3-5-9-15)14-17(21)10-6-7-11-17/h3-5,8-9,21H,2,6-7,10-14H2,1H3,(H,18,20). The van der Waals surface area contributed by atoms with Gasteiger partial charge in [-0.25, -0.2) is 0 Å². The zero-order valence-electron chi connectivity index (χ0n) is 12.8. The van der Waals surface area contributed by atoms with Gasteiger partial charge in [-0.1, -0.05) is 43.2 Å². The van der Waals surface area contributed by atoms with Crippen molar-refractivity contribution in [3.05, 3.63) is 35.9 Å². The molecule has 0 spiro atoms. The molecule has 1 aromatic carbocycles. The molecular weight excluding hydrogens is 264 g/mol. The van der Waals surface area contributed by atoms with E-state index in [2.05, 4.69) is 22.3 Å². The van der Waals surface area contributed by atoms with Gasteiger partial charge in [-0.2, -0.15) is 0 Å². The first kappa shape index (κ1) is 16.0. The first-order valence-corrected chi connectivity index (χ1v) is 7.87. The minimum atomic E-state index is -0.624. The number of hydrogen-bond acceptors (Lipinski definition) is 3. The minimum Gasteiger partial charge on any atom is -0.389 e. The fourth-order valence-corrected chi connectivity index (χ4v) is 3.07.